The van der Waals surface area contributed by atoms with Crippen molar-refractivity contribution in [3.8, 4) is 0 Å². The number of imidazole rings is 1. The minimum Gasteiger partial charge on any atom is -0.295 e. The Morgan fingerprint density at radius 2 is 1.39 bits per heavy atom. The maximum Gasteiger partial charge on any atom is 0.328 e. The average molecular weight is 325 g/mol. The lowest BCUT2D eigenvalue weighted by Gasteiger charge is -2.08. The molecule has 0 aliphatic heterocycles. The van der Waals surface area contributed by atoms with Crippen LogP contribution in [0.2, 0.25) is 0 Å². The van der Waals surface area contributed by atoms with Crippen LogP contribution in [0.5, 0.6) is 0 Å². The molecule has 1 aromatic rings. The molecule has 3 heteroatoms. The Labute approximate surface area is 144 Å². The molecular weight excluding hydrogens is 284 g/mol. The van der Waals surface area contributed by atoms with E-state index in [2.05, 4.69) is 33.9 Å². The summed E-state index contributed by atoms with van der Waals surface area (Å²) >= 11 is 0. The van der Waals surface area contributed by atoms with E-state index in [0.717, 1.165) is 11.4 Å². The van der Waals surface area contributed by atoms with Crippen molar-refractivity contribution in [2.45, 2.75) is 75.3 Å². The molecule has 0 aromatic carbocycles. The molecule has 0 unspecified atom stereocenters. The van der Waals surface area contributed by atoms with Crippen molar-refractivity contribution >= 4 is 6.08 Å². The molecule has 0 aliphatic rings. The van der Waals surface area contributed by atoms with E-state index in [9.17, 15) is 4.79 Å². The Bertz CT molecular complexity index is 497. The fourth-order valence-electron chi connectivity index (χ4n) is 1.67. The Balaban J connectivity index is -0.000000338. The van der Waals surface area contributed by atoms with E-state index in [-0.39, 0.29) is 11.7 Å². The topological polar surface area (TPSA) is 26.9 Å². The molecular formula is C20H40N2O. The van der Waals surface area contributed by atoms with Crippen LogP contribution in [-0.2, 0) is 7.05 Å². The summed E-state index contributed by atoms with van der Waals surface area (Å²) in [5, 5.41) is 0. The fourth-order valence-corrected chi connectivity index (χ4v) is 1.67. The standard InChI is InChI=1S/C10H16N2O.C6H12.2C2H6/c1-6-9-8(4)12(7(2)3)10(13)11(9)5;1-5-6(2,3)4;2*1-2/h6-7H,1H2,2-5H3;5H,1H2,2-4H3;2*1-2H3. The van der Waals surface area contributed by atoms with E-state index >= 15 is 0 Å². The average Bonchev–Trinajstić information content (AvgIpc) is 2.72. The van der Waals surface area contributed by atoms with Gasteiger partial charge in [0.15, 0.2) is 0 Å². The third kappa shape index (κ3) is 9.27. The Kier molecular flexibility index (Phi) is 14.9. The van der Waals surface area contributed by atoms with Crippen molar-refractivity contribution in [3.63, 3.8) is 0 Å². The van der Waals surface area contributed by atoms with Crippen LogP contribution in [0, 0.1) is 12.3 Å². The SMILES string of the molecule is C=CC(C)(C)C.C=Cc1c(C)n(C(C)C)c(=O)n1C.CC.CC. The number of allylic oxidation sites excluding steroid dienone is 1. The molecule has 0 saturated heterocycles. The molecule has 1 aromatic heterocycles. The van der Waals surface area contributed by atoms with Gasteiger partial charge in [-0.3, -0.25) is 9.13 Å². The molecule has 1 heterocycles. The zero-order valence-corrected chi connectivity index (χ0v) is 17.4. The van der Waals surface area contributed by atoms with Crippen LogP contribution in [0.15, 0.2) is 24.0 Å². The first kappa shape index (κ1) is 26.4. The van der Waals surface area contributed by atoms with Crippen LogP contribution < -0.4 is 5.69 Å². The third-order valence-corrected chi connectivity index (χ3v) is 2.91. The molecule has 0 N–H and O–H groups in total. The molecule has 1 rings (SSSR count). The molecule has 0 bridgehead atoms. The molecule has 0 saturated carbocycles. The van der Waals surface area contributed by atoms with Gasteiger partial charge in [-0.05, 0) is 32.3 Å². The predicted octanol–water partition coefficient (Wildman–Crippen LogP) is 5.99. The fraction of sp³-hybridized carbons (Fsp3) is 0.650. The highest BCUT2D eigenvalue weighted by Crippen LogP contribution is 2.12. The highest BCUT2D eigenvalue weighted by atomic mass is 16.1. The summed E-state index contributed by atoms with van der Waals surface area (Å²) in [7, 11) is 1.77. The van der Waals surface area contributed by atoms with Crippen molar-refractivity contribution in [2.75, 3.05) is 0 Å². The molecule has 0 fully saturated rings. The van der Waals surface area contributed by atoms with Crippen molar-refractivity contribution < 1.29 is 0 Å². The number of rotatable bonds is 2. The number of hydrogen-bond donors (Lipinski definition) is 0. The normalized spacial score (nSPS) is 9.57. The Morgan fingerprint density at radius 3 is 1.52 bits per heavy atom. The number of nitrogens with zero attached hydrogens (tertiary/aromatic N) is 2. The molecule has 0 spiro atoms. The third-order valence-electron chi connectivity index (χ3n) is 2.91. The van der Waals surface area contributed by atoms with E-state index in [4.69, 9.17) is 0 Å². The summed E-state index contributed by atoms with van der Waals surface area (Å²) in [5.41, 5.74) is 2.22. The van der Waals surface area contributed by atoms with Crippen molar-refractivity contribution in [2.24, 2.45) is 12.5 Å². The number of hydrogen-bond acceptors (Lipinski definition) is 1. The van der Waals surface area contributed by atoms with Gasteiger partial charge in [0.25, 0.3) is 0 Å². The van der Waals surface area contributed by atoms with E-state index in [1.807, 2.05) is 54.5 Å². The van der Waals surface area contributed by atoms with Gasteiger partial charge in [-0.2, -0.15) is 0 Å². The van der Waals surface area contributed by atoms with Gasteiger partial charge in [0, 0.05) is 18.8 Å². The molecule has 3 nitrogen and oxygen atoms in total. The molecule has 136 valence electrons. The van der Waals surface area contributed by atoms with Gasteiger partial charge in [-0.1, -0.05) is 61.1 Å². The summed E-state index contributed by atoms with van der Waals surface area (Å²) in [6.07, 6.45) is 3.66. The molecule has 0 radical (unpaired) electrons. The maximum atomic E-state index is 11.7. The van der Waals surface area contributed by atoms with Crippen molar-refractivity contribution in [3.05, 3.63) is 41.1 Å². The van der Waals surface area contributed by atoms with Crippen LogP contribution in [0.25, 0.3) is 6.08 Å². The van der Waals surface area contributed by atoms with Gasteiger partial charge < -0.3 is 0 Å². The Morgan fingerprint density at radius 1 is 1.04 bits per heavy atom. The molecule has 0 atom stereocenters. The van der Waals surface area contributed by atoms with Crippen LogP contribution in [0.3, 0.4) is 0 Å². The van der Waals surface area contributed by atoms with Crippen LogP contribution in [-0.4, -0.2) is 9.13 Å². The van der Waals surface area contributed by atoms with Gasteiger partial charge in [-0.15, -0.1) is 6.58 Å². The first-order valence-electron chi connectivity index (χ1n) is 8.60. The lowest BCUT2D eigenvalue weighted by molar-refractivity contribution is 0.546. The quantitative estimate of drug-likeness (QED) is 0.614. The van der Waals surface area contributed by atoms with E-state index < -0.39 is 0 Å². The highest BCUT2D eigenvalue weighted by Gasteiger charge is 2.13. The first-order chi connectivity index (χ1) is 10.6. The minimum absolute atomic E-state index is 0.0300. The van der Waals surface area contributed by atoms with Gasteiger partial charge >= 0.3 is 5.69 Å². The summed E-state index contributed by atoms with van der Waals surface area (Å²) in [4.78, 5) is 11.7. The summed E-state index contributed by atoms with van der Waals surface area (Å²) < 4.78 is 3.40. The Hall–Kier alpha value is -1.51. The lowest BCUT2D eigenvalue weighted by Crippen LogP contribution is -2.24. The molecule has 23 heavy (non-hydrogen) atoms. The monoisotopic (exact) mass is 324 g/mol. The molecule has 0 amide bonds. The van der Waals surface area contributed by atoms with Crippen molar-refractivity contribution in [1.29, 1.82) is 0 Å². The summed E-state index contributed by atoms with van der Waals surface area (Å²) in [5.74, 6) is 0. The van der Waals surface area contributed by atoms with Gasteiger partial charge in [0.2, 0.25) is 0 Å². The van der Waals surface area contributed by atoms with Gasteiger partial charge in [-0.25, -0.2) is 4.79 Å². The zero-order valence-electron chi connectivity index (χ0n) is 17.4. The van der Waals surface area contributed by atoms with E-state index in [1.54, 1.807) is 22.3 Å². The van der Waals surface area contributed by atoms with Crippen LogP contribution >= 0.6 is 0 Å². The molecule has 0 aliphatic carbocycles. The highest BCUT2D eigenvalue weighted by molar-refractivity contribution is 5.45. The largest absolute Gasteiger partial charge is 0.328 e. The van der Waals surface area contributed by atoms with Crippen LogP contribution in [0.1, 0.15) is 79.7 Å². The second-order valence-corrected chi connectivity index (χ2v) is 6.05. The van der Waals surface area contributed by atoms with Crippen molar-refractivity contribution in [1.82, 2.24) is 9.13 Å². The van der Waals surface area contributed by atoms with E-state index in [1.165, 1.54) is 0 Å². The second kappa shape index (κ2) is 13.0. The van der Waals surface area contributed by atoms with E-state index in [0.29, 0.717) is 5.41 Å². The zero-order chi connectivity index (χ0) is 19.4. The maximum absolute atomic E-state index is 11.7. The number of aromatic nitrogens is 2. The first-order valence-corrected chi connectivity index (χ1v) is 8.60. The lowest BCUT2D eigenvalue weighted by atomic mass is 9.98. The summed E-state index contributed by atoms with van der Waals surface area (Å²) in [6, 6.07) is 0.201. The smallest absolute Gasteiger partial charge is 0.295 e. The second-order valence-electron chi connectivity index (χ2n) is 6.05. The van der Waals surface area contributed by atoms with Gasteiger partial charge in [0.1, 0.15) is 0 Å². The minimum atomic E-state index is 0.0300. The summed E-state index contributed by atoms with van der Waals surface area (Å²) in [6.45, 7) is 27.6. The predicted molar refractivity (Wildman–Crippen MR) is 107 cm³/mol. The van der Waals surface area contributed by atoms with Crippen LogP contribution in [0.4, 0.5) is 0 Å². The van der Waals surface area contributed by atoms with Gasteiger partial charge in [0.05, 0.1) is 5.69 Å².